The van der Waals surface area contributed by atoms with Gasteiger partial charge in [-0.1, -0.05) is 13.0 Å². The fraction of sp³-hybridized carbons (Fsp3) is 0.471. The fourth-order valence-corrected chi connectivity index (χ4v) is 3.52. The molecule has 0 spiro atoms. The third kappa shape index (κ3) is 2.34. The van der Waals surface area contributed by atoms with Gasteiger partial charge in [-0.2, -0.15) is 0 Å². The van der Waals surface area contributed by atoms with Crippen molar-refractivity contribution in [3.05, 3.63) is 35.9 Å². The highest BCUT2D eigenvalue weighted by molar-refractivity contribution is 6.11. The van der Waals surface area contributed by atoms with Crippen LogP contribution in [0, 0.1) is 0 Å². The van der Waals surface area contributed by atoms with Gasteiger partial charge in [0.25, 0.3) is 0 Å². The van der Waals surface area contributed by atoms with Gasteiger partial charge in [-0.15, -0.1) is 11.7 Å². The lowest BCUT2D eigenvalue weighted by Gasteiger charge is -2.32. The topological polar surface area (TPSA) is 87.0 Å². The summed E-state index contributed by atoms with van der Waals surface area (Å²) in [6.45, 7) is 6.94. The summed E-state index contributed by atoms with van der Waals surface area (Å²) in [5.74, 6) is 1.97. The summed E-state index contributed by atoms with van der Waals surface area (Å²) >= 11 is 0. The van der Waals surface area contributed by atoms with Crippen molar-refractivity contribution < 1.29 is 9.53 Å². The van der Waals surface area contributed by atoms with Crippen LogP contribution in [0.3, 0.4) is 0 Å². The first kappa shape index (κ1) is 16.5. The van der Waals surface area contributed by atoms with Crippen molar-refractivity contribution in [3.8, 4) is 5.88 Å². The molecule has 2 unspecified atom stereocenters. The minimum atomic E-state index is -0.337. The highest BCUT2D eigenvalue weighted by Crippen LogP contribution is 2.33. The van der Waals surface area contributed by atoms with Crippen LogP contribution in [0.1, 0.15) is 25.2 Å². The number of nitrogens with one attached hydrogen (secondary N) is 2. The predicted molar refractivity (Wildman–Crippen MR) is 96.3 cm³/mol. The Labute approximate surface area is 152 Å². The molecule has 4 rings (SSSR count). The van der Waals surface area contributed by atoms with Gasteiger partial charge in [0.05, 0.1) is 12.8 Å². The molecule has 2 atom stereocenters. The molecule has 1 saturated heterocycles. The van der Waals surface area contributed by atoms with E-state index in [1.54, 1.807) is 27.7 Å². The molecule has 0 aromatic carbocycles. The first-order valence-electron chi connectivity index (χ1n) is 8.70. The lowest BCUT2D eigenvalue weighted by Crippen LogP contribution is -2.51. The Bertz CT molecular complexity index is 825. The molecule has 2 N–H and O–H groups in total. The number of nitrogens with zero attached hydrogens (tertiary/aromatic N) is 5. The number of fused-ring (bicyclic) bond motifs is 2. The van der Waals surface area contributed by atoms with E-state index < -0.39 is 0 Å². The molecule has 0 aliphatic carbocycles. The van der Waals surface area contributed by atoms with E-state index in [1.807, 2.05) is 13.1 Å². The summed E-state index contributed by atoms with van der Waals surface area (Å²) in [5, 5.41) is 11.2. The number of hydrogen-bond donors (Lipinski definition) is 2. The van der Waals surface area contributed by atoms with Crippen molar-refractivity contribution in [2.45, 2.75) is 25.6 Å². The normalized spacial score (nSPS) is 24.1. The molecule has 0 saturated carbocycles. The van der Waals surface area contributed by atoms with Gasteiger partial charge in [0.15, 0.2) is 12.0 Å². The summed E-state index contributed by atoms with van der Waals surface area (Å²) in [7, 11) is 3.43. The number of aromatic nitrogens is 2. The molecule has 4 heterocycles. The maximum atomic E-state index is 12.9. The molecule has 1 aromatic heterocycles. The van der Waals surface area contributed by atoms with Gasteiger partial charge in [-0.05, 0) is 6.42 Å². The summed E-state index contributed by atoms with van der Waals surface area (Å²) in [6, 6.07) is 2.01. The zero-order chi connectivity index (χ0) is 18.4. The Morgan fingerprint density at radius 2 is 2.27 bits per heavy atom. The minimum Gasteiger partial charge on any atom is -0.480 e. The van der Waals surface area contributed by atoms with Gasteiger partial charge >= 0.3 is 6.03 Å². The van der Waals surface area contributed by atoms with E-state index in [0.717, 1.165) is 23.6 Å². The first-order valence-corrected chi connectivity index (χ1v) is 8.70. The number of ether oxygens (including phenoxy) is 1. The molecule has 2 amide bonds. The highest BCUT2D eigenvalue weighted by Gasteiger charge is 2.45. The zero-order valence-electron chi connectivity index (χ0n) is 15.2. The monoisotopic (exact) mass is 357 g/mol. The van der Waals surface area contributed by atoms with Gasteiger partial charge in [0, 0.05) is 32.2 Å². The predicted octanol–water partition coefficient (Wildman–Crippen LogP) is 0.903. The molecule has 138 valence electrons. The van der Waals surface area contributed by atoms with E-state index >= 15 is 0 Å². The Hall–Kier alpha value is -2.97. The molecule has 9 heteroatoms. The Morgan fingerprint density at radius 1 is 1.46 bits per heavy atom. The SMILES string of the molecule is C=CCN1C(=O)N2CC(CC)NC2=C2NC(c3cc(OC)nn3C)N=C21. The summed E-state index contributed by atoms with van der Waals surface area (Å²) in [4.78, 5) is 21.2. The van der Waals surface area contributed by atoms with Crippen LogP contribution in [0.25, 0.3) is 0 Å². The number of amides is 2. The fourth-order valence-electron chi connectivity index (χ4n) is 3.52. The minimum absolute atomic E-state index is 0.0733. The van der Waals surface area contributed by atoms with Crippen LogP contribution in [0.2, 0.25) is 0 Å². The number of carbonyl (C=O) groups is 1. The van der Waals surface area contributed by atoms with Gasteiger partial charge in [0.1, 0.15) is 11.5 Å². The van der Waals surface area contributed by atoms with Crippen molar-refractivity contribution in [1.29, 1.82) is 0 Å². The van der Waals surface area contributed by atoms with Gasteiger partial charge < -0.3 is 15.4 Å². The third-order valence-corrected chi connectivity index (χ3v) is 4.91. The molecule has 26 heavy (non-hydrogen) atoms. The number of urea groups is 1. The van der Waals surface area contributed by atoms with E-state index in [4.69, 9.17) is 9.73 Å². The van der Waals surface area contributed by atoms with E-state index in [0.29, 0.717) is 24.8 Å². The average molecular weight is 357 g/mol. The first-order chi connectivity index (χ1) is 12.6. The second kappa shape index (κ2) is 6.08. The number of carbonyl (C=O) groups excluding carboxylic acids is 1. The van der Waals surface area contributed by atoms with Crippen molar-refractivity contribution in [3.63, 3.8) is 0 Å². The molecule has 1 fully saturated rings. The number of methoxy groups -OCH3 is 1. The van der Waals surface area contributed by atoms with Crippen molar-refractivity contribution >= 4 is 11.9 Å². The van der Waals surface area contributed by atoms with Crippen LogP contribution < -0.4 is 15.4 Å². The standard InChI is InChI=1S/C17H23N7O2/c1-5-7-23-16-13(15-18-10(6-2)9-24(15)17(23)25)19-14(20-16)11-8-12(26-4)21-22(11)3/h5,8,10,14,18-19H,1,6-7,9H2,2-4H3. The number of hydrogen-bond acceptors (Lipinski definition) is 6. The summed E-state index contributed by atoms with van der Waals surface area (Å²) in [6.07, 6.45) is 2.32. The molecule has 3 aliphatic heterocycles. The maximum Gasteiger partial charge on any atom is 0.331 e. The van der Waals surface area contributed by atoms with Crippen LogP contribution in [0.4, 0.5) is 4.79 Å². The average Bonchev–Trinajstić information content (AvgIpc) is 3.33. The number of amidine groups is 1. The van der Waals surface area contributed by atoms with Crippen molar-refractivity contribution in [2.75, 3.05) is 20.2 Å². The van der Waals surface area contributed by atoms with Gasteiger partial charge in [0.2, 0.25) is 5.88 Å². The molecule has 0 radical (unpaired) electrons. The molecule has 3 aliphatic rings. The van der Waals surface area contributed by atoms with E-state index in [-0.39, 0.29) is 18.2 Å². The van der Waals surface area contributed by atoms with E-state index in [9.17, 15) is 4.79 Å². The quantitative estimate of drug-likeness (QED) is 0.765. The van der Waals surface area contributed by atoms with Crippen molar-refractivity contribution in [2.24, 2.45) is 12.0 Å². The molecular weight excluding hydrogens is 334 g/mol. The number of aryl methyl sites for hydroxylation is 1. The summed E-state index contributed by atoms with van der Waals surface area (Å²) < 4.78 is 6.94. The van der Waals surface area contributed by atoms with E-state index in [2.05, 4.69) is 29.2 Å². The lowest BCUT2D eigenvalue weighted by molar-refractivity contribution is 0.192. The van der Waals surface area contributed by atoms with Gasteiger partial charge in [-0.3, -0.25) is 14.5 Å². The second-order valence-corrected chi connectivity index (χ2v) is 6.50. The highest BCUT2D eigenvalue weighted by atomic mass is 16.5. The Balaban J connectivity index is 1.76. The molecule has 1 aromatic rings. The Morgan fingerprint density at radius 3 is 2.92 bits per heavy atom. The Kier molecular flexibility index (Phi) is 3.86. The smallest absolute Gasteiger partial charge is 0.331 e. The largest absolute Gasteiger partial charge is 0.480 e. The molecule has 0 bridgehead atoms. The van der Waals surface area contributed by atoms with Crippen molar-refractivity contribution in [1.82, 2.24) is 30.2 Å². The van der Waals surface area contributed by atoms with Crippen LogP contribution >= 0.6 is 0 Å². The van der Waals surface area contributed by atoms with Crippen LogP contribution in [-0.4, -0.2) is 57.7 Å². The lowest BCUT2D eigenvalue weighted by atomic mass is 10.2. The van der Waals surface area contributed by atoms with Crippen LogP contribution in [-0.2, 0) is 7.05 Å². The second-order valence-electron chi connectivity index (χ2n) is 6.50. The number of rotatable bonds is 5. The van der Waals surface area contributed by atoms with Crippen LogP contribution in [0.5, 0.6) is 5.88 Å². The summed E-state index contributed by atoms with van der Waals surface area (Å²) in [5.41, 5.74) is 1.70. The number of aliphatic imine (C=N–C) groups is 1. The zero-order valence-corrected chi connectivity index (χ0v) is 15.2. The van der Waals surface area contributed by atoms with Gasteiger partial charge in [-0.25, -0.2) is 9.79 Å². The van der Waals surface area contributed by atoms with Crippen LogP contribution in [0.15, 0.2) is 35.2 Å². The molecule has 9 nitrogen and oxygen atoms in total. The molecular formula is C17H23N7O2. The van der Waals surface area contributed by atoms with E-state index in [1.165, 1.54) is 0 Å². The maximum absolute atomic E-state index is 12.9. The third-order valence-electron chi connectivity index (χ3n) is 4.91.